The number of nitrogens with one attached hydrogen (secondary N) is 1. The van der Waals surface area contributed by atoms with Crippen LogP contribution in [0.1, 0.15) is 0 Å². The minimum atomic E-state index is -0.939. The maximum Gasteiger partial charge on any atom is 0.182 e. The first-order chi connectivity index (χ1) is 7.68. The molecule has 0 spiro atoms. The number of nitrogens with zero attached hydrogens (tertiary/aromatic N) is 1. The molecule has 0 amide bonds. The van der Waals surface area contributed by atoms with E-state index in [-0.39, 0.29) is 11.5 Å². The molecular formula is C11H9F2N3. The molecule has 0 radical (unpaired) electrons. The van der Waals surface area contributed by atoms with Crippen molar-refractivity contribution in [3.8, 4) is 0 Å². The highest BCUT2D eigenvalue weighted by atomic mass is 19.2. The van der Waals surface area contributed by atoms with E-state index >= 15 is 0 Å². The maximum absolute atomic E-state index is 13.3. The number of hydrogen-bond acceptors (Lipinski definition) is 3. The fraction of sp³-hybridized carbons (Fsp3) is 0. The van der Waals surface area contributed by atoms with Crippen molar-refractivity contribution in [2.75, 3.05) is 11.1 Å². The van der Waals surface area contributed by atoms with Crippen LogP contribution in [-0.2, 0) is 0 Å². The van der Waals surface area contributed by atoms with E-state index in [1.54, 1.807) is 12.1 Å². The van der Waals surface area contributed by atoms with E-state index in [2.05, 4.69) is 10.3 Å². The quantitative estimate of drug-likeness (QED) is 0.819. The molecule has 0 atom stereocenters. The first kappa shape index (κ1) is 10.4. The summed E-state index contributed by atoms with van der Waals surface area (Å²) in [7, 11) is 0. The predicted molar refractivity (Wildman–Crippen MR) is 58.3 cm³/mol. The summed E-state index contributed by atoms with van der Waals surface area (Å²) >= 11 is 0. The molecule has 3 nitrogen and oxygen atoms in total. The summed E-state index contributed by atoms with van der Waals surface area (Å²) < 4.78 is 26.2. The number of hydrogen-bond donors (Lipinski definition) is 2. The molecule has 2 aromatic rings. The summed E-state index contributed by atoms with van der Waals surface area (Å²) in [6, 6.07) is 7.16. The Morgan fingerprint density at radius 3 is 2.56 bits per heavy atom. The summed E-state index contributed by atoms with van der Waals surface area (Å²) in [5.41, 5.74) is 6.03. The molecule has 0 saturated carbocycles. The number of pyridine rings is 1. The van der Waals surface area contributed by atoms with Gasteiger partial charge in [0, 0.05) is 6.20 Å². The lowest BCUT2D eigenvalue weighted by atomic mass is 10.2. The molecule has 82 valence electrons. The number of benzene rings is 1. The third kappa shape index (κ3) is 1.93. The molecule has 1 aromatic carbocycles. The topological polar surface area (TPSA) is 50.9 Å². The Bertz CT molecular complexity index is 514. The molecular weight excluding hydrogens is 212 g/mol. The number of anilines is 3. The number of halogens is 2. The molecule has 0 aliphatic rings. The second-order valence-corrected chi connectivity index (χ2v) is 3.16. The Hall–Kier alpha value is -2.17. The van der Waals surface area contributed by atoms with E-state index in [0.29, 0.717) is 5.69 Å². The van der Waals surface area contributed by atoms with Crippen molar-refractivity contribution >= 4 is 17.2 Å². The molecule has 0 unspecified atom stereocenters. The van der Waals surface area contributed by atoms with Gasteiger partial charge in [-0.25, -0.2) is 13.8 Å². The lowest BCUT2D eigenvalue weighted by Gasteiger charge is -2.09. The van der Waals surface area contributed by atoms with Crippen molar-refractivity contribution in [3.05, 3.63) is 48.2 Å². The van der Waals surface area contributed by atoms with Crippen LogP contribution >= 0.6 is 0 Å². The van der Waals surface area contributed by atoms with Gasteiger partial charge < -0.3 is 11.1 Å². The van der Waals surface area contributed by atoms with Gasteiger partial charge in [0.05, 0.1) is 11.4 Å². The van der Waals surface area contributed by atoms with Crippen molar-refractivity contribution in [1.29, 1.82) is 0 Å². The van der Waals surface area contributed by atoms with Crippen molar-refractivity contribution in [3.63, 3.8) is 0 Å². The van der Waals surface area contributed by atoms with Crippen LogP contribution in [0.4, 0.5) is 26.0 Å². The van der Waals surface area contributed by atoms with Crippen LogP contribution in [0.2, 0.25) is 0 Å². The first-order valence-corrected chi connectivity index (χ1v) is 4.60. The molecule has 1 heterocycles. The van der Waals surface area contributed by atoms with Crippen molar-refractivity contribution in [2.45, 2.75) is 0 Å². The fourth-order valence-electron chi connectivity index (χ4n) is 1.27. The monoisotopic (exact) mass is 221 g/mol. The third-order valence-electron chi connectivity index (χ3n) is 2.06. The van der Waals surface area contributed by atoms with Gasteiger partial charge in [-0.3, -0.25) is 0 Å². The van der Waals surface area contributed by atoms with Crippen LogP contribution in [0.5, 0.6) is 0 Å². The summed E-state index contributed by atoms with van der Waals surface area (Å²) in [5.74, 6) is -1.62. The molecule has 0 aliphatic carbocycles. The smallest absolute Gasteiger partial charge is 0.182 e. The fourth-order valence-corrected chi connectivity index (χ4v) is 1.27. The van der Waals surface area contributed by atoms with Crippen molar-refractivity contribution in [2.24, 2.45) is 0 Å². The Balaban J connectivity index is 2.35. The van der Waals surface area contributed by atoms with E-state index in [1.807, 2.05) is 0 Å². The van der Waals surface area contributed by atoms with Crippen molar-refractivity contribution < 1.29 is 8.78 Å². The Morgan fingerprint density at radius 1 is 1.06 bits per heavy atom. The third-order valence-corrected chi connectivity index (χ3v) is 2.06. The zero-order valence-electron chi connectivity index (χ0n) is 8.24. The standard InChI is InChI=1S/C11H9F2N3/c12-7-3-1-4-8(10(7)13)16-9-5-2-6-15-11(9)14/h1-6,16H,(H2,14,15). The Labute approximate surface area is 90.9 Å². The van der Waals surface area contributed by atoms with Gasteiger partial charge >= 0.3 is 0 Å². The maximum atomic E-state index is 13.3. The zero-order chi connectivity index (χ0) is 11.5. The highest BCUT2D eigenvalue weighted by Crippen LogP contribution is 2.24. The number of aromatic nitrogens is 1. The highest BCUT2D eigenvalue weighted by Gasteiger charge is 2.08. The van der Waals surface area contributed by atoms with Crippen LogP contribution in [0, 0.1) is 11.6 Å². The largest absolute Gasteiger partial charge is 0.382 e. The van der Waals surface area contributed by atoms with Gasteiger partial charge in [0.2, 0.25) is 0 Å². The Morgan fingerprint density at radius 2 is 1.81 bits per heavy atom. The number of rotatable bonds is 2. The average Bonchev–Trinajstić information content (AvgIpc) is 2.28. The molecule has 0 aliphatic heterocycles. The minimum absolute atomic E-state index is 0.0275. The number of nitrogen functional groups attached to an aromatic ring is 1. The number of nitrogens with two attached hydrogens (primary N) is 1. The van der Waals surface area contributed by atoms with Crippen LogP contribution < -0.4 is 11.1 Å². The Kier molecular flexibility index (Phi) is 2.68. The van der Waals surface area contributed by atoms with E-state index in [1.165, 1.54) is 18.3 Å². The average molecular weight is 221 g/mol. The van der Waals surface area contributed by atoms with Gasteiger partial charge in [-0.1, -0.05) is 6.07 Å². The summed E-state index contributed by atoms with van der Waals surface area (Å²) in [4.78, 5) is 3.83. The highest BCUT2D eigenvalue weighted by molar-refractivity contribution is 5.69. The predicted octanol–water partition coefficient (Wildman–Crippen LogP) is 2.69. The molecule has 3 N–H and O–H groups in total. The van der Waals surface area contributed by atoms with Crippen LogP contribution in [0.15, 0.2) is 36.5 Å². The second kappa shape index (κ2) is 4.14. The SMILES string of the molecule is Nc1ncccc1Nc1cccc(F)c1F. The van der Waals surface area contributed by atoms with Crippen molar-refractivity contribution in [1.82, 2.24) is 4.98 Å². The second-order valence-electron chi connectivity index (χ2n) is 3.16. The minimum Gasteiger partial charge on any atom is -0.382 e. The molecule has 16 heavy (non-hydrogen) atoms. The van der Waals surface area contributed by atoms with E-state index < -0.39 is 11.6 Å². The molecule has 5 heteroatoms. The van der Waals surface area contributed by atoms with Gasteiger partial charge in [-0.15, -0.1) is 0 Å². The van der Waals surface area contributed by atoms with Crippen LogP contribution in [0.3, 0.4) is 0 Å². The molecule has 0 saturated heterocycles. The molecule has 2 rings (SSSR count). The van der Waals surface area contributed by atoms with E-state index in [9.17, 15) is 8.78 Å². The van der Waals surface area contributed by atoms with Gasteiger partial charge in [0.1, 0.15) is 5.82 Å². The lowest BCUT2D eigenvalue weighted by molar-refractivity contribution is 0.512. The lowest BCUT2D eigenvalue weighted by Crippen LogP contribution is -2.00. The normalized spacial score (nSPS) is 10.1. The molecule has 0 bridgehead atoms. The van der Waals surface area contributed by atoms with Gasteiger partial charge in [0.15, 0.2) is 11.6 Å². The summed E-state index contributed by atoms with van der Waals surface area (Å²) in [6.45, 7) is 0. The molecule has 0 fully saturated rings. The summed E-state index contributed by atoms with van der Waals surface area (Å²) in [6.07, 6.45) is 1.52. The van der Waals surface area contributed by atoms with Gasteiger partial charge in [-0.05, 0) is 24.3 Å². The molecule has 1 aromatic heterocycles. The van der Waals surface area contributed by atoms with E-state index in [4.69, 9.17) is 5.73 Å². The summed E-state index contributed by atoms with van der Waals surface area (Å²) in [5, 5.41) is 2.68. The van der Waals surface area contributed by atoms with Gasteiger partial charge in [0.25, 0.3) is 0 Å². The van der Waals surface area contributed by atoms with Gasteiger partial charge in [-0.2, -0.15) is 0 Å². The first-order valence-electron chi connectivity index (χ1n) is 4.60. The zero-order valence-corrected chi connectivity index (χ0v) is 8.24. The van der Waals surface area contributed by atoms with Crippen LogP contribution in [-0.4, -0.2) is 4.98 Å². The van der Waals surface area contributed by atoms with Crippen LogP contribution in [0.25, 0.3) is 0 Å². The van der Waals surface area contributed by atoms with E-state index in [0.717, 1.165) is 6.07 Å².